The summed E-state index contributed by atoms with van der Waals surface area (Å²) in [5.74, 6) is -0.175. The minimum absolute atomic E-state index is 0.146. The third-order valence-corrected chi connectivity index (χ3v) is 4.17. The van der Waals surface area contributed by atoms with Gasteiger partial charge in [0.2, 0.25) is 0 Å². The van der Waals surface area contributed by atoms with E-state index in [9.17, 15) is 16.8 Å². The first kappa shape index (κ1) is 18.5. The van der Waals surface area contributed by atoms with Gasteiger partial charge in [-0.15, -0.1) is 0 Å². The first-order valence-electron chi connectivity index (χ1n) is 5.84. The quantitative estimate of drug-likeness (QED) is 0.496. The van der Waals surface area contributed by atoms with Crippen molar-refractivity contribution >= 4 is 25.9 Å². The van der Waals surface area contributed by atoms with Gasteiger partial charge in [-0.05, 0) is 19.3 Å². The van der Waals surface area contributed by atoms with E-state index in [4.69, 9.17) is 4.55 Å². The van der Waals surface area contributed by atoms with Gasteiger partial charge in [0.15, 0.2) is 9.84 Å². The maximum absolute atomic E-state index is 11.5. The predicted octanol–water partition coefficient (Wildman–Crippen LogP) is 0.728. The van der Waals surface area contributed by atoms with E-state index in [1.807, 2.05) is 20.8 Å². The van der Waals surface area contributed by atoms with Crippen LogP contribution in [0.15, 0.2) is 4.99 Å². The summed E-state index contributed by atoms with van der Waals surface area (Å²) < 4.78 is 55.7. The Morgan fingerprint density at radius 1 is 1.21 bits per heavy atom. The molecule has 0 aliphatic carbocycles. The molecule has 0 heterocycles. The maximum Gasteiger partial charge on any atom is 0.397 e. The Kier molecular flexibility index (Phi) is 7.72. The fraction of sp³-hybridized carbons (Fsp3) is 0.900. The second kappa shape index (κ2) is 7.93. The van der Waals surface area contributed by atoms with Crippen molar-refractivity contribution in [2.24, 2.45) is 10.9 Å². The molecule has 0 rings (SSSR count). The molecule has 114 valence electrons. The van der Waals surface area contributed by atoms with E-state index in [1.165, 1.54) is 0 Å². The van der Waals surface area contributed by atoms with Crippen LogP contribution in [0.25, 0.3) is 0 Å². The van der Waals surface area contributed by atoms with Crippen LogP contribution in [0, 0.1) is 5.92 Å². The second-order valence-electron chi connectivity index (χ2n) is 4.62. The van der Waals surface area contributed by atoms with E-state index in [1.54, 1.807) is 0 Å². The Morgan fingerprint density at radius 2 is 1.79 bits per heavy atom. The van der Waals surface area contributed by atoms with Gasteiger partial charge >= 0.3 is 10.4 Å². The van der Waals surface area contributed by atoms with E-state index >= 15 is 0 Å². The van der Waals surface area contributed by atoms with Crippen molar-refractivity contribution < 1.29 is 25.6 Å². The predicted molar refractivity (Wildman–Crippen MR) is 73.6 cm³/mol. The molecular weight excluding hydrogens is 294 g/mol. The summed E-state index contributed by atoms with van der Waals surface area (Å²) in [5, 5.41) is 0. The number of nitrogens with zero attached hydrogens (tertiary/aromatic N) is 1. The number of rotatable bonds is 9. The molecule has 0 aliphatic heterocycles. The molecule has 0 amide bonds. The zero-order chi connectivity index (χ0) is 15.1. The number of hydrogen-bond donors (Lipinski definition) is 1. The Balaban J connectivity index is 4.11. The molecule has 0 saturated carbocycles. The van der Waals surface area contributed by atoms with Crippen molar-refractivity contribution in [1.82, 2.24) is 0 Å². The molecule has 1 N–H and O–H groups in total. The van der Waals surface area contributed by atoms with Gasteiger partial charge in [0.1, 0.15) is 0 Å². The third kappa shape index (κ3) is 12.3. The second-order valence-corrected chi connectivity index (χ2v) is 8.01. The van der Waals surface area contributed by atoms with Gasteiger partial charge in [0.05, 0.1) is 24.7 Å². The van der Waals surface area contributed by atoms with Crippen LogP contribution in [0.1, 0.15) is 27.2 Å². The zero-order valence-corrected chi connectivity index (χ0v) is 13.0. The van der Waals surface area contributed by atoms with Crippen LogP contribution in [0.5, 0.6) is 0 Å². The van der Waals surface area contributed by atoms with Gasteiger partial charge in [-0.25, -0.2) is 12.6 Å². The number of sulfone groups is 1. The van der Waals surface area contributed by atoms with Crippen LogP contribution in [0.3, 0.4) is 0 Å². The maximum atomic E-state index is 11.5. The SMILES string of the molecule is CC(CC(C)C)=NCCS(=O)(=O)CCOS(=O)(=O)O. The minimum Gasteiger partial charge on any atom is -0.293 e. The van der Waals surface area contributed by atoms with E-state index < -0.39 is 32.6 Å². The minimum atomic E-state index is -4.59. The topological polar surface area (TPSA) is 110 Å². The standard InChI is InChI=1S/C10H21NO6S2/c1-9(2)8-10(3)11-4-6-18(12,13)7-5-17-19(14,15)16/h9H,4-8H2,1-3H3,(H,14,15,16). The van der Waals surface area contributed by atoms with Gasteiger partial charge in [-0.1, -0.05) is 13.8 Å². The summed E-state index contributed by atoms with van der Waals surface area (Å²) in [6, 6.07) is 0. The lowest BCUT2D eigenvalue weighted by Gasteiger charge is -2.05. The molecule has 0 radical (unpaired) electrons. The van der Waals surface area contributed by atoms with Crippen LogP contribution in [0.4, 0.5) is 0 Å². The summed E-state index contributed by atoms with van der Waals surface area (Å²) in [5.41, 5.74) is 0.888. The van der Waals surface area contributed by atoms with Crippen LogP contribution < -0.4 is 0 Å². The van der Waals surface area contributed by atoms with Crippen LogP contribution in [-0.4, -0.2) is 51.8 Å². The van der Waals surface area contributed by atoms with Gasteiger partial charge in [0, 0.05) is 5.71 Å². The largest absolute Gasteiger partial charge is 0.397 e. The highest BCUT2D eigenvalue weighted by molar-refractivity contribution is 7.91. The lowest BCUT2D eigenvalue weighted by atomic mass is 10.1. The molecule has 0 spiro atoms. The first-order valence-corrected chi connectivity index (χ1v) is 9.02. The normalized spacial score (nSPS) is 14.1. The summed E-state index contributed by atoms with van der Waals surface area (Å²) in [6.07, 6.45) is 0.811. The molecule has 0 bridgehead atoms. The highest BCUT2D eigenvalue weighted by atomic mass is 32.3. The highest BCUT2D eigenvalue weighted by Gasteiger charge is 2.13. The van der Waals surface area contributed by atoms with Crippen LogP contribution in [0.2, 0.25) is 0 Å². The fourth-order valence-electron chi connectivity index (χ4n) is 1.40. The van der Waals surface area contributed by atoms with Crippen LogP contribution >= 0.6 is 0 Å². The average molecular weight is 315 g/mol. The van der Waals surface area contributed by atoms with Crippen molar-refractivity contribution in [2.45, 2.75) is 27.2 Å². The lowest BCUT2D eigenvalue weighted by Crippen LogP contribution is -2.19. The molecule has 0 fully saturated rings. The van der Waals surface area contributed by atoms with Crippen molar-refractivity contribution in [3.8, 4) is 0 Å². The van der Waals surface area contributed by atoms with Crippen molar-refractivity contribution in [2.75, 3.05) is 24.7 Å². The van der Waals surface area contributed by atoms with Crippen molar-refractivity contribution in [1.29, 1.82) is 0 Å². The molecule has 19 heavy (non-hydrogen) atoms. The van der Waals surface area contributed by atoms with Crippen molar-refractivity contribution in [3.63, 3.8) is 0 Å². The van der Waals surface area contributed by atoms with Gasteiger partial charge in [-0.2, -0.15) is 8.42 Å². The molecule has 0 atom stereocenters. The Bertz CT molecular complexity index is 492. The van der Waals surface area contributed by atoms with Gasteiger partial charge in [0.25, 0.3) is 0 Å². The van der Waals surface area contributed by atoms with Crippen LogP contribution in [-0.2, 0) is 24.4 Å². The Morgan fingerprint density at radius 3 is 2.26 bits per heavy atom. The van der Waals surface area contributed by atoms with E-state index in [-0.39, 0.29) is 12.3 Å². The Hall–Kier alpha value is -0.510. The number of aliphatic imine (C=N–C) groups is 1. The summed E-state index contributed by atoms with van der Waals surface area (Å²) >= 11 is 0. The van der Waals surface area contributed by atoms with Gasteiger partial charge < -0.3 is 0 Å². The summed E-state index contributed by atoms with van der Waals surface area (Å²) in [7, 11) is -8.02. The monoisotopic (exact) mass is 315 g/mol. The zero-order valence-electron chi connectivity index (χ0n) is 11.4. The molecule has 9 heteroatoms. The summed E-state index contributed by atoms with van der Waals surface area (Å²) in [4.78, 5) is 4.14. The van der Waals surface area contributed by atoms with E-state index in [2.05, 4.69) is 9.18 Å². The molecule has 7 nitrogen and oxygen atoms in total. The van der Waals surface area contributed by atoms with Crippen molar-refractivity contribution in [3.05, 3.63) is 0 Å². The highest BCUT2D eigenvalue weighted by Crippen LogP contribution is 2.01. The third-order valence-electron chi connectivity index (χ3n) is 2.11. The fourth-order valence-corrected chi connectivity index (χ4v) is 2.71. The molecular formula is C10H21NO6S2. The smallest absolute Gasteiger partial charge is 0.293 e. The number of hydrogen-bond acceptors (Lipinski definition) is 6. The Labute approximate surface area is 114 Å². The van der Waals surface area contributed by atoms with E-state index in [0.717, 1.165) is 12.1 Å². The lowest BCUT2D eigenvalue weighted by molar-refractivity contribution is 0.284. The average Bonchev–Trinajstić information content (AvgIpc) is 2.12. The molecule has 0 aromatic rings. The molecule has 0 aromatic heterocycles. The summed E-state index contributed by atoms with van der Waals surface area (Å²) in [6.45, 7) is 5.49. The molecule has 0 aliphatic rings. The molecule has 0 unspecified atom stereocenters. The molecule has 0 saturated heterocycles. The van der Waals surface area contributed by atoms with E-state index in [0.29, 0.717) is 5.92 Å². The molecule has 0 aromatic carbocycles. The first-order chi connectivity index (χ1) is 8.52. The van der Waals surface area contributed by atoms with Gasteiger partial charge in [-0.3, -0.25) is 9.55 Å².